The lowest BCUT2D eigenvalue weighted by molar-refractivity contribution is -0.117. The van der Waals surface area contributed by atoms with Gasteiger partial charge in [0.05, 0.1) is 0 Å². The Labute approximate surface area is 125 Å². The maximum absolute atomic E-state index is 11.9. The molecule has 0 fully saturated rings. The predicted octanol–water partition coefficient (Wildman–Crippen LogP) is 1.91. The van der Waals surface area contributed by atoms with E-state index >= 15 is 0 Å². The zero-order chi connectivity index (χ0) is 15.4. The molecule has 21 heavy (non-hydrogen) atoms. The summed E-state index contributed by atoms with van der Waals surface area (Å²) in [5.74, 6) is 0.429. The topological polar surface area (TPSA) is 75.4 Å². The lowest BCUT2D eigenvalue weighted by atomic mass is 10.1. The predicted molar refractivity (Wildman–Crippen MR) is 84.3 cm³/mol. The van der Waals surface area contributed by atoms with Gasteiger partial charge in [-0.1, -0.05) is 6.92 Å². The highest BCUT2D eigenvalue weighted by Crippen LogP contribution is 2.30. The second-order valence-electron chi connectivity index (χ2n) is 5.69. The molecule has 1 aliphatic rings. The van der Waals surface area contributed by atoms with E-state index in [1.54, 1.807) is 11.8 Å². The van der Waals surface area contributed by atoms with Crippen molar-refractivity contribution in [1.29, 1.82) is 0 Å². The third kappa shape index (κ3) is 3.82. The Morgan fingerprint density at radius 1 is 1.43 bits per heavy atom. The number of nitrogens with one attached hydrogen (secondary N) is 1. The van der Waals surface area contributed by atoms with Crippen molar-refractivity contribution in [2.24, 2.45) is 11.7 Å². The quantitative estimate of drug-likeness (QED) is 0.869. The number of hydrogen-bond acceptors (Lipinski definition) is 3. The van der Waals surface area contributed by atoms with Crippen molar-refractivity contribution >= 4 is 23.2 Å². The van der Waals surface area contributed by atoms with Crippen molar-refractivity contribution in [1.82, 2.24) is 0 Å². The summed E-state index contributed by atoms with van der Waals surface area (Å²) in [6.07, 6.45) is 2.11. The number of nitrogens with two attached hydrogens (primary N) is 1. The van der Waals surface area contributed by atoms with Gasteiger partial charge in [0.2, 0.25) is 11.8 Å². The summed E-state index contributed by atoms with van der Waals surface area (Å²) in [7, 11) is 0. The Bertz CT molecular complexity index is 542. The summed E-state index contributed by atoms with van der Waals surface area (Å²) in [5, 5.41) is 2.91. The van der Waals surface area contributed by atoms with E-state index in [9.17, 15) is 9.59 Å². The lowest BCUT2D eigenvalue weighted by Crippen LogP contribution is -2.25. The van der Waals surface area contributed by atoms with Crippen LogP contribution in [0.1, 0.15) is 32.3 Å². The summed E-state index contributed by atoms with van der Waals surface area (Å²) in [6, 6.07) is 5.72. The molecule has 0 radical (unpaired) electrons. The van der Waals surface area contributed by atoms with Gasteiger partial charge in [-0.05, 0) is 49.1 Å². The molecule has 0 aromatic heterocycles. The average Bonchev–Trinajstić information content (AvgIpc) is 2.88. The van der Waals surface area contributed by atoms with Gasteiger partial charge in [-0.25, -0.2) is 0 Å². The number of amides is 2. The van der Waals surface area contributed by atoms with E-state index in [0.29, 0.717) is 18.9 Å². The second kappa shape index (κ2) is 6.72. The molecule has 2 amide bonds. The summed E-state index contributed by atoms with van der Waals surface area (Å²) in [5.41, 5.74) is 8.41. The van der Waals surface area contributed by atoms with Crippen LogP contribution in [0.3, 0.4) is 0 Å². The monoisotopic (exact) mass is 289 g/mol. The molecule has 5 nitrogen and oxygen atoms in total. The van der Waals surface area contributed by atoms with Crippen LogP contribution in [0.2, 0.25) is 0 Å². The lowest BCUT2D eigenvalue weighted by Gasteiger charge is -2.15. The highest BCUT2D eigenvalue weighted by atomic mass is 16.2. The number of nitrogens with zero attached hydrogens (tertiary/aromatic N) is 1. The third-order valence-corrected chi connectivity index (χ3v) is 3.91. The zero-order valence-corrected chi connectivity index (χ0v) is 12.7. The van der Waals surface area contributed by atoms with Crippen LogP contribution in [0, 0.1) is 5.92 Å². The first-order valence-corrected chi connectivity index (χ1v) is 7.42. The fourth-order valence-corrected chi connectivity index (χ4v) is 2.53. The van der Waals surface area contributed by atoms with Crippen molar-refractivity contribution in [2.75, 3.05) is 23.3 Å². The highest BCUT2D eigenvalue weighted by molar-refractivity contribution is 5.95. The molecule has 3 N–H and O–H groups in total. The van der Waals surface area contributed by atoms with Crippen LogP contribution in [0.4, 0.5) is 11.4 Å². The molecule has 1 aromatic carbocycles. The molecular weight excluding hydrogens is 266 g/mol. The van der Waals surface area contributed by atoms with E-state index in [2.05, 4.69) is 5.32 Å². The molecule has 1 unspecified atom stereocenters. The number of carbonyl (C=O) groups is 2. The molecule has 1 aliphatic heterocycles. The van der Waals surface area contributed by atoms with Crippen LogP contribution in [0.25, 0.3) is 0 Å². The summed E-state index contributed by atoms with van der Waals surface area (Å²) in [6.45, 7) is 4.94. The van der Waals surface area contributed by atoms with Crippen molar-refractivity contribution in [3.63, 3.8) is 0 Å². The SMILES string of the molecule is CC(=O)N1CCc2cc(NC(=O)CCC(C)CN)ccc21. The van der Waals surface area contributed by atoms with E-state index in [1.807, 2.05) is 25.1 Å². The van der Waals surface area contributed by atoms with Gasteiger partial charge in [0.15, 0.2) is 0 Å². The van der Waals surface area contributed by atoms with Gasteiger partial charge in [-0.3, -0.25) is 9.59 Å². The molecule has 5 heteroatoms. The molecule has 1 heterocycles. The fourth-order valence-electron chi connectivity index (χ4n) is 2.53. The summed E-state index contributed by atoms with van der Waals surface area (Å²) >= 11 is 0. The van der Waals surface area contributed by atoms with E-state index < -0.39 is 0 Å². The normalized spacial score (nSPS) is 14.7. The largest absolute Gasteiger partial charge is 0.330 e. The molecule has 1 atom stereocenters. The first-order valence-electron chi connectivity index (χ1n) is 7.42. The number of rotatable bonds is 5. The van der Waals surface area contributed by atoms with Crippen molar-refractivity contribution in [2.45, 2.75) is 33.1 Å². The van der Waals surface area contributed by atoms with Gasteiger partial charge < -0.3 is 16.0 Å². The van der Waals surface area contributed by atoms with Gasteiger partial charge in [0, 0.05) is 31.3 Å². The van der Waals surface area contributed by atoms with Gasteiger partial charge in [0.1, 0.15) is 0 Å². The minimum atomic E-state index is 0.0108. The average molecular weight is 289 g/mol. The second-order valence-corrected chi connectivity index (χ2v) is 5.69. The Hall–Kier alpha value is -1.88. The van der Waals surface area contributed by atoms with Crippen molar-refractivity contribution < 1.29 is 9.59 Å². The number of carbonyl (C=O) groups excluding carboxylic acids is 2. The molecule has 0 spiro atoms. The van der Waals surface area contributed by atoms with Crippen molar-refractivity contribution in [3.8, 4) is 0 Å². The Kier molecular flexibility index (Phi) is 4.96. The van der Waals surface area contributed by atoms with Crippen LogP contribution >= 0.6 is 0 Å². The molecule has 114 valence electrons. The molecular formula is C16H23N3O2. The highest BCUT2D eigenvalue weighted by Gasteiger charge is 2.22. The maximum Gasteiger partial charge on any atom is 0.224 e. The standard InChI is InChI=1S/C16H23N3O2/c1-11(10-17)3-6-16(21)18-14-4-5-15-13(9-14)7-8-19(15)12(2)20/h4-5,9,11H,3,6-8,10,17H2,1-2H3,(H,18,21). The van der Waals surface area contributed by atoms with Crippen LogP contribution in [0.5, 0.6) is 0 Å². The van der Waals surface area contributed by atoms with Gasteiger partial charge >= 0.3 is 0 Å². The number of fused-ring (bicyclic) bond motifs is 1. The van der Waals surface area contributed by atoms with E-state index in [0.717, 1.165) is 36.3 Å². The Balaban J connectivity index is 1.97. The maximum atomic E-state index is 11.9. The van der Waals surface area contributed by atoms with Gasteiger partial charge in [-0.2, -0.15) is 0 Å². The summed E-state index contributed by atoms with van der Waals surface area (Å²) < 4.78 is 0. The number of benzene rings is 1. The molecule has 0 aliphatic carbocycles. The fraction of sp³-hybridized carbons (Fsp3) is 0.500. The van der Waals surface area contributed by atoms with Crippen LogP contribution in [-0.2, 0) is 16.0 Å². The molecule has 0 saturated carbocycles. The smallest absolute Gasteiger partial charge is 0.224 e. The molecule has 1 aromatic rings. The molecule has 0 bridgehead atoms. The Morgan fingerprint density at radius 3 is 2.86 bits per heavy atom. The van der Waals surface area contributed by atoms with Crippen LogP contribution in [0.15, 0.2) is 18.2 Å². The molecule has 0 saturated heterocycles. The molecule has 2 rings (SSSR count). The van der Waals surface area contributed by atoms with E-state index in [1.165, 1.54) is 0 Å². The van der Waals surface area contributed by atoms with Gasteiger partial charge in [-0.15, -0.1) is 0 Å². The third-order valence-electron chi connectivity index (χ3n) is 3.91. The minimum absolute atomic E-state index is 0.0108. The van der Waals surface area contributed by atoms with Crippen LogP contribution in [-0.4, -0.2) is 24.9 Å². The first-order chi connectivity index (χ1) is 10.0. The minimum Gasteiger partial charge on any atom is -0.330 e. The van der Waals surface area contributed by atoms with Crippen molar-refractivity contribution in [3.05, 3.63) is 23.8 Å². The first kappa shape index (κ1) is 15.5. The van der Waals surface area contributed by atoms with E-state index in [-0.39, 0.29) is 11.8 Å². The van der Waals surface area contributed by atoms with Gasteiger partial charge in [0.25, 0.3) is 0 Å². The zero-order valence-electron chi connectivity index (χ0n) is 12.7. The number of hydrogen-bond donors (Lipinski definition) is 2. The van der Waals surface area contributed by atoms with Crippen LogP contribution < -0.4 is 16.0 Å². The number of anilines is 2. The Morgan fingerprint density at radius 2 is 2.19 bits per heavy atom. The summed E-state index contributed by atoms with van der Waals surface area (Å²) in [4.78, 5) is 25.2. The van der Waals surface area contributed by atoms with E-state index in [4.69, 9.17) is 5.73 Å².